The van der Waals surface area contributed by atoms with Crippen molar-refractivity contribution in [2.75, 3.05) is 0 Å². The van der Waals surface area contributed by atoms with Crippen LogP contribution in [-0.4, -0.2) is 10.7 Å². The topological polar surface area (TPSA) is 20.2 Å². The van der Waals surface area contributed by atoms with E-state index in [9.17, 15) is 5.11 Å². The van der Waals surface area contributed by atoms with Crippen LogP contribution in [0.3, 0.4) is 0 Å². The first kappa shape index (κ1) is 7.70. The van der Waals surface area contributed by atoms with Gasteiger partial charge in [-0.25, -0.2) is 0 Å². The Balaban J connectivity index is 3.91. The number of hydrogen-bond acceptors (Lipinski definition) is 1. The highest BCUT2D eigenvalue weighted by Crippen LogP contribution is 2.16. The Morgan fingerprint density at radius 2 is 2.12 bits per heavy atom. The summed E-state index contributed by atoms with van der Waals surface area (Å²) >= 11 is 0. The highest BCUT2D eigenvalue weighted by Gasteiger charge is 2.16. The molecule has 0 spiro atoms. The molecule has 48 valence electrons. The van der Waals surface area contributed by atoms with Crippen molar-refractivity contribution in [1.29, 1.82) is 0 Å². The van der Waals surface area contributed by atoms with E-state index >= 15 is 0 Å². The molecule has 0 amide bonds. The molecule has 0 fully saturated rings. The molecule has 1 N–H and O–H groups in total. The van der Waals surface area contributed by atoms with E-state index in [4.69, 9.17) is 0 Å². The molecule has 0 aromatic rings. The molecule has 0 aromatic heterocycles. The van der Waals surface area contributed by atoms with E-state index in [0.29, 0.717) is 0 Å². The third-order valence-electron chi connectivity index (χ3n) is 1.61. The SMILES string of the molecule is C=C(C)[C@](C)(O)CC. The number of hydrogen-bond donors (Lipinski definition) is 1. The highest BCUT2D eigenvalue weighted by molar-refractivity contribution is 5.05. The summed E-state index contributed by atoms with van der Waals surface area (Å²) < 4.78 is 0. The molecule has 0 aliphatic carbocycles. The van der Waals surface area contributed by atoms with Crippen molar-refractivity contribution in [2.45, 2.75) is 32.8 Å². The van der Waals surface area contributed by atoms with Gasteiger partial charge in [0.1, 0.15) is 0 Å². The zero-order valence-electron chi connectivity index (χ0n) is 5.86. The van der Waals surface area contributed by atoms with Gasteiger partial charge in [0.25, 0.3) is 0 Å². The summed E-state index contributed by atoms with van der Waals surface area (Å²) in [5.41, 5.74) is 0.181. The van der Waals surface area contributed by atoms with E-state index in [0.717, 1.165) is 12.0 Å². The third-order valence-corrected chi connectivity index (χ3v) is 1.61. The zero-order valence-corrected chi connectivity index (χ0v) is 5.86. The summed E-state index contributed by atoms with van der Waals surface area (Å²) in [6, 6.07) is 0. The van der Waals surface area contributed by atoms with Crippen LogP contribution < -0.4 is 0 Å². The normalized spacial score (nSPS) is 17.5. The number of aliphatic hydroxyl groups is 1. The maximum absolute atomic E-state index is 9.30. The summed E-state index contributed by atoms with van der Waals surface area (Å²) in [6.45, 7) is 9.20. The van der Waals surface area contributed by atoms with Crippen molar-refractivity contribution in [1.82, 2.24) is 0 Å². The van der Waals surface area contributed by atoms with E-state index in [1.807, 2.05) is 13.8 Å². The van der Waals surface area contributed by atoms with E-state index in [2.05, 4.69) is 6.58 Å². The van der Waals surface area contributed by atoms with Gasteiger partial charge < -0.3 is 5.11 Å². The van der Waals surface area contributed by atoms with E-state index in [1.54, 1.807) is 6.92 Å². The Morgan fingerprint density at radius 1 is 1.75 bits per heavy atom. The first-order valence-corrected chi connectivity index (χ1v) is 2.89. The molecule has 0 bridgehead atoms. The maximum Gasteiger partial charge on any atom is 0.0820 e. The van der Waals surface area contributed by atoms with E-state index < -0.39 is 5.60 Å². The van der Waals surface area contributed by atoms with Gasteiger partial charge in [0, 0.05) is 0 Å². The molecule has 0 aromatic carbocycles. The van der Waals surface area contributed by atoms with Crippen LogP contribution in [0.4, 0.5) is 0 Å². The van der Waals surface area contributed by atoms with Gasteiger partial charge in [0.05, 0.1) is 5.60 Å². The van der Waals surface area contributed by atoms with Crippen LogP contribution in [0, 0.1) is 0 Å². The van der Waals surface area contributed by atoms with Crippen LogP contribution in [0.1, 0.15) is 27.2 Å². The fourth-order valence-electron chi connectivity index (χ4n) is 0.302. The largest absolute Gasteiger partial charge is 0.386 e. The maximum atomic E-state index is 9.30. The van der Waals surface area contributed by atoms with Crippen molar-refractivity contribution < 1.29 is 5.11 Å². The zero-order chi connectivity index (χ0) is 6.78. The molecule has 0 saturated carbocycles. The van der Waals surface area contributed by atoms with Gasteiger partial charge in [-0.1, -0.05) is 13.5 Å². The quantitative estimate of drug-likeness (QED) is 0.542. The van der Waals surface area contributed by atoms with Crippen LogP contribution in [-0.2, 0) is 0 Å². The molecular weight excluding hydrogens is 100 g/mol. The molecule has 0 rings (SSSR count). The van der Waals surface area contributed by atoms with Crippen molar-refractivity contribution in [2.24, 2.45) is 0 Å². The fourth-order valence-corrected chi connectivity index (χ4v) is 0.302. The summed E-state index contributed by atoms with van der Waals surface area (Å²) in [6.07, 6.45) is 0.738. The molecule has 1 nitrogen and oxygen atoms in total. The lowest BCUT2D eigenvalue weighted by atomic mass is 9.96. The summed E-state index contributed by atoms with van der Waals surface area (Å²) in [7, 11) is 0. The minimum absolute atomic E-state index is 0.653. The molecule has 0 heterocycles. The second-order valence-electron chi connectivity index (χ2n) is 2.41. The Bertz CT molecular complexity index is 92.6. The molecule has 0 aliphatic rings. The number of rotatable bonds is 2. The monoisotopic (exact) mass is 114 g/mol. The standard InChI is InChI=1S/C7H14O/c1-5-7(4,8)6(2)3/h8H,2,5H2,1,3-4H3/t7-/m1/s1. The van der Waals surface area contributed by atoms with Gasteiger partial charge in [0.2, 0.25) is 0 Å². The van der Waals surface area contributed by atoms with Gasteiger partial charge in [-0.2, -0.15) is 0 Å². The first-order valence-electron chi connectivity index (χ1n) is 2.89. The molecule has 0 radical (unpaired) electrons. The molecule has 1 atom stereocenters. The van der Waals surface area contributed by atoms with Crippen LogP contribution in [0.5, 0.6) is 0 Å². The van der Waals surface area contributed by atoms with Crippen molar-refractivity contribution in [3.8, 4) is 0 Å². The fraction of sp³-hybridized carbons (Fsp3) is 0.714. The summed E-state index contributed by atoms with van der Waals surface area (Å²) in [5, 5.41) is 9.30. The van der Waals surface area contributed by atoms with Crippen LogP contribution >= 0.6 is 0 Å². The van der Waals surface area contributed by atoms with Crippen LogP contribution in [0.25, 0.3) is 0 Å². The van der Waals surface area contributed by atoms with Gasteiger partial charge >= 0.3 is 0 Å². The van der Waals surface area contributed by atoms with E-state index in [1.165, 1.54) is 0 Å². The summed E-state index contributed by atoms with van der Waals surface area (Å²) in [5.74, 6) is 0. The second kappa shape index (κ2) is 2.31. The molecule has 8 heavy (non-hydrogen) atoms. The minimum atomic E-state index is -0.653. The Hall–Kier alpha value is -0.300. The average molecular weight is 114 g/mol. The Morgan fingerprint density at radius 3 is 2.12 bits per heavy atom. The lowest BCUT2D eigenvalue weighted by molar-refractivity contribution is 0.0951. The lowest BCUT2D eigenvalue weighted by Gasteiger charge is -2.20. The lowest BCUT2D eigenvalue weighted by Crippen LogP contribution is -2.23. The smallest absolute Gasteiger partial charge is 0.0820 e. The van der Waals surface area contributed by atoms with Gasteiger partial charge in [0.15, 0.2) is 0 Å². The van der Waals surface area contributed by atoms with Crippen LogP contribution in [0.15, 0.2) is 12.2 Å². The molecule has 0 saturated heterocycles. The Labute approximate surface area is 51.0 Å². The summed E-state index contributed by atoms with van der Waals surface area (Å²) in [4.78, 5) is 0. The Kier molecular flexibility index (Phi) is 2.23. The van der Waals surface area contributed by atoms with Crippen molar-refractivity contribution in [3.05, 3.63) is 12.2 Å². The predicted molar refractivity (Wildman–Crippen MR) is 35.7 cm³/mol. The van der Waals surface area contributed by atoms with Gasteiger partial charge in [-0.3, -0.25) is 0 Å². The van der Waals surface area contributed by atoms with Crippen molar-refractivity contribution in [3.63, 3.8) is 0 Å². The first-order chi connectivity index (χ1) is 3.50. The molecule has 1 heteroatoms. The molecule has 0 aliphatic heterocycles. The second-order valence-corrected chi connectivity index (χ2v) is 2.41. The molecule has 0 unspecified atom stereocenters. The average Bonchev–Trinajstić information content (AvgIpc) is 1.67. The van der Waals surface area contributed by atoms with E-state index in [-0.39, 0.29) is 0 Å². The predicted octanol–water partition coefficient (Wildman–Crippen LogP) is 1.72. The highest BCUT2D eigenvalue weighted by atomic mass is 16.3. The van der Waals surface area contributed by atoms with Gasteiger partial charge in [-0.05, 0) is 25.8 Å². The van der Waals surface area contributed by atoms with Gasteiger partial charge in [-0.15, -0.1) is 0 Å². The van der Waals surface area contributed by atoms with Crippen LogP contribution in [0.2, 0.25) is 0 Å². The third kappa shape index (κ3) is 1.66. The van der Waals surface area contributed by atoms with Crippen molar-refractivity contribution >= 4 is 0 Å². The molecular formula is C7H14O. The minimum Gasteiger partial charge on any atom is -0.386 e.